The normalized spacial score (nSPS) is 26.7. The maximum Gasteiger partial charge on any atom is 0.0361 e. The van der Waals surface area contributed by atoms with Crippen molar-refractivity contribution >= 4 is 45.2 Å². The molecule has 5 rings (SSSR count). The molecule has 0 unspecified atom stereocenters. The van der Waals surface area contributed by atoms with E-state index in [9.17, 15) is 0 Å². The van der Waals surface area contributed by atoms with Crippen LogP contribution in [0.4, 0.5) is 0 Å². The average Bonchev–Trinajstić information content (AvgIpc) is 2.48. The first kappa shape index (κ1) is 15.5. The molecule has 0 aromatic heterocycles. The van der Waals surface area contributed by atoms with Gasteiger partial charge in [0.25, 0.3) is 0 Å². The Kier molecular flexibility index (Phi) is 3.94. The molecule has 0 radical (unpaired) electrons. The molecule has 0 N–H and O–H groups in total. The molecular weight excluding hydrogens is 506 g/mol. The van der Waals surface area contributed by atoms with Crippen molar-refractivity contribution in [3.05, 3.63) is 66.8 Å². The fourth-order valence-corrected chi connectivity index (χ4v) is 4.25. The van der Waals surface area contributed by atoms with E-state index >= 15 is 0 Å². The summed E-state index contributed by atoms with van der Waals surface area (Å²) in [5.41, 5.74) is 2.75. The van der Waals surface area contributed by atoms with Gasteiger partial charge in [-0.3, -0.25) is 0 Å². The van der Waals surface area contributed by atoms with Gasteiger partial charge in [0.15, 0.2) is 0 Å². The molecule has 3 saturated carbocycles. The molecule has 0 amide bonds. The van der Waals surface area contributed by atoms with Gasteiger partial charge in [-0.05, 0) is 113 Å². The van der Waals surface area contributed by atoms with Crippen molar-refractivity contribution in [1.29, 1.82) is 0 Å². The van der Waals surface area contributed by atoms with E-state index in [0.29, 0.717) is 0 Å². The van der Waals surface area contributed by atoms with Crippen molar-refractivity contribution in [2.24, 2.45) is 10.8 Å². The van der Waals surface area contributed by atoms with Gasteiger partial charge >= 0.3 is 0 Å². The maximum atomic E-state index is 3.51. The molecule has 23 heavy (non-hydrogen) atoms. The Morgan fingerprint density at radius 1 is 0.609 bits per heavy atom. The van der Waals surface area contributed by atoms with Gasteiger partial charge < -0.3 is 0 Å². The van der Waals surface area contributed by atoms with E-state index in [-0.39, 0.29) is 10.8 Å². The molecule has 2 heteroatoms. The topological polar surface area (TPSA) is 0 Å². The molecule has 112 valence electrons. The largest absolute Gasteiger partial charge is 0.0909 e. The van der Waals surface area contributed by atoms with Crippen LogP contribution in [0.5, 0.6) is 0 Å². The Morgan fingerprint density at radius 2 is 0.957 bits per heavy atom. The van der Waals surface area contributed by atoms with Crippen LogP contribution in [0.1, 0.15) is 30.4 Å². The molecular formula is C21H14I2. The molecule has 3 fully saturated rings. The summed E-state index contributed by atoms with van der Waals surface area (Å²) in [6.07, 6.45) is 3.44. The predicted octanol–water partition coefficient (Wildman–Crippen LogP) is 5.47. The van der Waals surface area contributed by atoms with Crippen LogP contribution in [0.3, 0.4) is 0 Å². The van der Waals surface area contributed by atoms with Crippen LogP contribution in [0.15, 0.2) is 48.5 Å². The lowest BCUT2D eigenvalue weighted by Crippen LogP contribution is -2.60. The summed E-state index contributed by atoms with van der Waals surface area (Å²) in [6, 6.07) is 16.9. The SMILES string of the molecule is Ic1ccc(C#CC23CC(C#Cc4ccc(I)cc4)(C2)C3)cc1. The van der Waals surface area contributed by atoms with Gasteiger partial charge in [-0.25, -0.2) is 0 Å². The zero-order valence-corrected chi connectivity index (χ0v) is 16.8. The standard InChI is InChI=1S/C21H14I2/c22-18-5-1-16(2-6-18)9-11-20-13-21(14-20,15-20)12-10-17-3-7-19(23)8-4-17/h1-8H,13-15H2. The summed E-state index contributed by atoms with van der Waals surface area (Å²) >= 11 is 4.64. The van der Waals surface area contributed by atoms with Crippen molar-refractivity contribution < 1.29 is 0 Å². The fraction of sp³-hybridized carbons (Fsp3) is 0.238. The van der Waals surface area contributed by atoms with Crippen molar-refractivity contribution in [3.8, 4) is 23.7 Å². The summed E-state index contributed by atoms with van der Waals surface area (Å²) in [7, 11) is 0. The summed E-state index contributed by atoms with van der Waals surface area (Å²) in [6.45, 7) is 0. The van der Waals surface area contributed by atoms with Crippen molar-refractivity contribution in [1.82, 2.24) is 0 Å². The lowest BCUT2D eigenvalue weighted by Gasteiger charge is -2.65. The zero-order valence-electron chi connectivity index (χ0n) is 12.5. The Morgan fingerprint density at radius 3 is 1.30 bits per heavy atom. The highest BCUT2D eigenvalue weighted by atomic mass is 127. The minimum atomic E-state index is 0.254. The highest BCUT2D eigenvalue weighted by Crippen LogP contribution is 2.72. The van der Waals surface area contributed by atoms with Crippen LogP contribution < -0.4 is 0 Å². The van der Waals surface area contributed by atoms with Gasteiger partial charge in [-0.2, -0.15) is 0 Å². The molecule has 3 aliphatic rings. The van der Waals surface area contributed by atoms with Gasteiger partial charge in [-0.15, -0.1) is 0 Å². The van der Waals surface area contributed by atoms with Gasteiger partial charge in [0.1, 0.15) is 0 Å². The first-order valence-corrected chi connectivity index (χ1v) is 9.80. The van der Waals surface area contributed by atoms with E-state index in [2.05, 4.69) is 117 Å². The second-order valence-corrected chi connectivity index (χ2v) is 9.10. The summed E-state index contributed by atoms with van der Waals surface area (Å²) < 4.78 is 2.51. The average molecular weight is 520 g/mol. The summed E-state index contributed by atoms with van der Waals surface area (Å²) in [5.74, 6) is 13.7. The second-order valence-electron chi connectivity index (χ2n) is 6.60. The van der Waals surface area contributed by atoms with Crippen LogP contribution in [-0.4, -0.2) is 0 Å². The van der Waals surface area contributed by atoms with E-state index in [1.165, 1.54) is 7.14 Å². The van der Waals surface area contributed by atoms with Crippen molar-refractivity contribution in [2.45, 2.75) is 19.3 Å². The number of benzene rings is 2. The minimum absolute atomic E-state index is 0.254. The molecule has 0 spiro atoms. The molecule has 0 aliphatic heterocycles. The van der Waals surface area contributed by atoms with E-state index in [1.54, 1.807) is 0 Å². The quantitative estimate of drug-likeness (QED) is 0.320. The van der Waals surface area contributed by atoms with Crippen molar-refractivity contribution in [3.63, 3.8) is 0 Å². The van der Waals surface area contributed by atoms with Crippen LogP contribution in [0, 0.1) is 41.7 Å². The number of hydrogen-bond donors (Lipinski definition) is 0. The molecule has 2 aromatic rings. The summed E-state index contributed by atoms with van der Waals surface area (Å²) in [5, 5.41) is 0. The third kappa shape index (κ3) is 3.16. The number of halogens is 2. The Balaban J connectivity index is 1.41. The zero-order chi connectivity index (χ0) is 15.9. The molecule has 2 aromatic carbocycles. The van der Waals surface area contributed by atoms with Crippen LogP contribution in [0.25, 0.3) is 0 Å². The maximum absolute atomic E-state index is 3.51. The lowest BCUT2D eigenvalue weighted by molar-refractivity contribution is -0.113. The van der Waals surface area contributed by atoms with Gasteiger partial charge in [-0.1, -0.05) is 23.7 Å². The molecule has 0 heterocycles. The van der Waals surface area contributed by atoms with E-state index in [4.69, 9.17) is 0 Å². The Bertz CT molecular complexity index is 775. The number of rotatable bonds is 0. The van der Waals surface area contributed by atoms with Gasteiger partial charge in [0.05, 0.1) is 0 Å². The predicted molar refractivity (Wildman–Crippen MR) is 111 cm³/mol. The first-order chi connectivity index (χ1) is 11.1. The third-order valence-electron chi connectivity index (χ3n) is 4.66. The van der Waals surface area contributed by atoms with E-state index in [1.807, 2.05) is 0 Å². The van der Waals surface area contributed by atoms with E-state index < -0.39 is 0 Å². The monoisotopic (exact) mass is 520 g/mol. The molecule has 0 nitrogen and oxygen atoms in total. The fourth-order valence-electron chi connectivity index (χ4n) is 3.53. The molecule has 0 atom stereocenters. The van der Waals surface area contributed by atoms with Crippen LogP contribution in [0.2, 0.25) is 0 Å². The Hall–Kier alpha value is -0.980. The summed E-state index contributed by atoms with van der Waals surface area (Å²) in [4.78, 5) is 0. The highest BCUT2D eigenvalue weighted by molar-refractivity contribution is 14.1. The number of hydrogen-bond acceptors (Lipinski definition) is 0. The van der Waals surface area contributed by atoms with Gasteiger partial charge in [0.2, 0.25) is 0 Å². The molecule has 2 bridgehead atoms. The van der Waals surface area contributed by atoms with E-state index in [0.717, 1.165) is 30.4 Å². The van der Waals surface area contributed by atoms with Crippen molar-refractivity contribution in [2.75, 3.05) is 0 Å². The molecule has 0 saturated heterocycles. The molecule has 3 aliphatic carbocycles. The van der Waals surface area contributed by atoms with Gasteiger partial charge in [0, 0.05) is 29.1 Å². The Labute approximate surface area is 164 Å². The minimum Gasteiger partial charge on any atom is -0.0909 e. The van der Waals surface area contributed by atoms with Crippen LogP contribution >= 0.6 is 45.2 Å². The highest BCUT2D eigenvalue weighted by Gasteiger charge is 2.66. The third-order valence-corrected chi connectivity index (χ3v) is 6.10. The first-order valence-electron chi connectivity index (χ1n) is 7.64. The van der Waals surface area contributed by atoms with Crippen LogP contribution in [-0.2, 0) is 0 Å². The lowest BCUT2D eigenvalue weighted by atomic mass is 9.36. The smallest absolute Gasteiger partial charge is 0.0361 e. The second kappa shape index (κ2) is 5.83.